The number of amides is 1. The van der Waals surface area contributed by atoms with Crippen LogP contribution >= 0.6 is 0 Å². The largest absolute Gasteiger partial charge is 0.396 e. The van der Waals surface area contributed by atoms with Crippen molar-refractivity contribution in [1.82, 2.24) is 10.6 Å². The summed E-state index contributed by atoms with van der Waals surface area (Å²) in [6, 6.07) is 0. The molecule has 16 heavy (non-hydrogen) atoms. The zero-order valence-corrected chi connectivity index (χ0v) is 10.5. The van der Waals surface area contributed by atoms with Gasteiger partial charge in [0.25, 0.3) is 0 Å². The fourth-order valence-electron chi connectivity index (χ4n) is 1.19. The third kappa shape index (κ3) is 8.64. The van der Waals surface area contributed by atoms with E-state index in [4.69, 9.17) is 9.84 Å². The Morgan fingerprint density at radius 1 is 1.44 bits per heavy atom. The van der Waals surface area contributed by atoms with E-state index >= 15 is 0 Å². The number of hydrogen-bond donors (Lipinski definition) is 3. The number of rotatable bonds is 9. The van der Waals surface area contributed by atoms with Crippen molar-refractivity contribution in [1.29, 1.82) is 0 Å². The number of aliphatic hydroxyl groups is 1. The van der Waals surface area contributed by atoms with E-state index in [0.29, 0.717) is 19.6 Å². The minimum atomic E-state index is -0.210. The average molecular weight is 232 g/mol. The highest BCUT2D eigenvalue weighted by molar-refractivity contribution is 5.78. The molecule has 0 aromatic heterocycles. The monoisotopic (exact) mass is 232 g/mol. The van der Waals surface area contributed by atoms with Crippen LogP contribution in [0.2, 0.25) is 0 Å². The first kappa shape index (κ1) is 15.3. The molecule has 0 aliphatic rings. The molecule has 0 radical (unpaired) electrons. The van der Waals surface area contributed by atoms with Crippen molar-refractivity contribution in [3.63, 3.8) is 0 Å². The molecule has 0 aliphatic carbocycles. The maximum Gasteiger partial charge on any atom is 0.233 e. The lowest BCUT2D eigenvalue weighted by Crippen LogP contribution is -2.46. The van der Waals surface area contributed by atoms with Gasteiger partial charge in [-0.05, 0) is 26.7 Å². The van der Waals surface area contributed by atoms with Crippen LogP contribution < -0.4 is 10.6 Å². The zero-order valence-electron chi connectivity index (χ0n) is 10.5. The standard InChI is InChI=1S/C11H24N2O3/c1-11(2,5-7-14)13-9-10(15)12-6-4-8-16-3/h13-14H,4-9H2,1-3H3,(H,12,15). The molecular formula is C11H24N2O3. The summed E-state index contributed by atoms with van der Waals surface area (Å²) in [7, 11) is 1.64. The Bertz CT molecular complexity index is 196. The molecular weight excluding hydrogens is 208 g/mol. The SMILES string of the molecule is COCCCNC(=O)CNC(C)(C)CCO. The molecule has 0 aliphatic heterocycles. The van der Waals surface area contributed by atoms with Gasteiger partial charge in [0, 0.05) is 32.4 Å². The van der Waals surface area contributed by atoms with Crippen molar-refractivity contribution >= 4 is 5.91 Å². The molecule has 96 valence electrons. The second-order valence-electron chi connectivity index (χ2n) is 4.41. The number of aliphatic hydroxyl groups excluding tert-OH is 1. The molecule has 0 spiro atoms. The van der Waals surface area contributed by atoms with Crippen LogP contribution in [0.3, 0.4) is 0 Å². The molecule has 0 atom stereocenters. The third-order valence-electron chi connectivity index (χ3n) is 2.31. The van der Waals surface area contributed by atoms with Crippen molar-refractivity contribution in [2.24, 2.45) is 0 Å². The summed E-state index contributed by atoms with van der Waals surface area (Å²) in [6.45, 7) is 5.61. The Labute approximate surface area is 97.6 Å². The summed E-state index contributed by atoms with van der Waals surface area (Å²) in [4.78, 5) is 11.4. The molecule has 0 heterocycles. The van der Waals surface area contributed by atoms with E-state index in [1.807, 2.05) is 13.8 Å². The van der Waals surface area contributed by atoms with Crippen LogP contribution in [0.25, 0.3) is 0 Å². The number of hydrogen-bond acceptors (Lipinski definition) is 4. The van der Waals surface area contributed by atoms with E-state index < -0.39 is 0 Å². The molecule has 0 aromatic carbocycles. The third-order valence-corrected chi connectivity index (χ3v) is 2.31. The fraction of sp³-hybridized carbons (Fsp3) is 0.909. The fourth-order valence-corrected chi connectivity index (χ4v) is 1.19. The predicted octanol–water partition coefficient (Wildman–Crippen LogP) is -0.110. The Morgan fingerprint density at radius 3 is 2.69 bits per heavy atom. The van der Waals surface area contributed by atoms with Crippen molar-refractivity contribution in [3.05, 3.63) is 0 Å². The summed E-state index contributed by atoms with van der Waals surface area (Å²) < 4.78 is 4.88. The first-order chi connectivity index (χ1) is 7.52. The summed E-state index contributed by atoms with van der Waals surface area (Å²) in [6.07, 6.45) is 1.45. The maximum absolute atomic E-state index is 11.4. The predicted molar refractivity (Wildman–Crippen MR) is 63.3 cm³/mol. The molecule has 0 bridgehead atoms. The van der Waals surface area contributed by atoms with Gasteiger partial charge < -0.3 is 20.5 Å². The average Bonchev–Trinajstić information content (AvgIpc) is 2.22. The summed E-state index contributed by atoms with van der Waals surface area (Å²) >= 11 is 0. The molecule has 0 aromatic rings. The Morgan fingerprint density at radius 2 is 2.12 bits per heavy atom. The maximum atomic E-state index is 11.4. The van der Waals surface area contributed by atoms with Gasteiger partial charge >= 0.3 is 0 Å². The van der Waals surface area contributed by atoms with Crippen molar-refractivity contribution < 1.29 is 14.6 Å². The quantitative estimate of drug-likeness (QED) is 0.485. The van der Waals surface area contributed by atoms with Crippen LogP contribution in [0, 0.1) is 0 Å². The van der Waals surface area contributed by atoms with E-state index in [2.05, 4.69) is 10.6 Å². The van der Waals surface area contributed by atoms with Gasteiger partial charge in [-0.1, -0.05) is 0 Å². The molecule has 0 rings (SSSR count). The van der Waals surface area contributed by atoms with Crippen molar-refractivity contribution in [3.8, 4) is 0 Å². The molecule has 5 nitrogen and oxygen atoms in total. The van der Waals surface area contributed by atoms with Gasteiger partial charge in [-0.2, -0.15) is 0 Å². The van der Waals surface area contributed by atoms with E-state index in [1.165, 1.54) is 0 Å². The van der Waals surface area contributed by atoms with Gasteiger partial charge in [-0.3, -0.25) is 4.79 Å². The van der Waals surface area contributed by atoms with Gasteiger partial charge in [0.15, 0.2) is 0 Å². The van der Waals surface area contributed by atoms with E-state index in [-0.39, 0.29) is 24.6 Å². The highest BCUT2D eigenvalue weighted by Crippen LogP contribution is 2.05. The van der Waals surface area contributed by atoms with Gasteiger partial charge in [0.1, 0.15) is 0 Å². The summed E-state index contributed by atoms with van der Waals surface area (Å²) in [5, 5.41) is 14.7. The van der Waals surface area contributed by atoms with Crippen molar-refractivity contribution in [2.45, 2.75) is 32.2 Å². The van der Waals surface area contributed by atoms with Crippen LogP contribution in [-0.2, 0) is 9.53 Å². The minimum Gasteiger partial charge on any atom is -0.396 e. The lowest BCUT2D eigenvalue weighted by Gasteiger charge is -2.25. The molecule has 0 fully saturated rings. The lowest BCUT2D eigenvalue weighted by atomic mass is 10.0. The van der Waals surface area contributed by atoms with Crippen LogP contribution in [0.5, 0.6) is 0 Å². The minimum absolute atomic E-state index is 0.0258. The molecule has 3 N–H and O–H groups in total. The molecule has 0 saturated heterocycles. The second-order valence-corrected chi connectivity index (χ2v) is 4.41. The second kappa shape index (κ2) is 8.50. The normalized spacial score (nSPS) is 11.5. The van der Waals surface area contributed by atoms with Gasteiger partial charge in [0.05, 0.1) is 6.54 Å². The van der Waals surface area contributed by atoms with Crippen LogP contribution in [-0.4, -0.2) is 50.0 Å². The Balaban J connectivity index is 3.56. The molecule has 0 unspecified atom stereocenters. The van der Waals surface area contributed by atoms with E-state index in [0.717, 1.165) is 6.42 Å². The van der Waals surface area contributed by atoms with Gasteiger partial charge in [-0.15, -0.1) is 0 Å². The van der Waals surface area contributed by atoms with Gasteiger partial charge in [0.2, 0.25) is 5.91 Å². The Hall–Kier alpha value is -0.650. The number of nitrogens with one attached hydrogen (secondary N) is 2. The van der Waals surface area contributed by atoms with Crippen LogP contribution in [0.15, 0.2) is 0 Å². The molecule has 1 amide bonds. The highest BCUT2D eigenvalue weighted by Gasteiger charge is 2.16. The lowest BCUT2D eigenvalue weighted by molar-refractivity contribution is -0.120. The number of ether oxygens (including phenoxy) is 1. The molecule has 5 heteroatoms. The number of carbonyl (C=O) groups excluding carboxylic acids is 1. The zero-order chi connectivity index (χ0) is 12.4. The number of methoxy groups -OCH3 is 1. The number of carbonyl (C=O) groups is 1. The smallest absolute Gasteiger partial charge is 0.233 e. The highest BCUT2D eigenvalue weighted by atomic mass is 16.5. The topological polar surface area (TPSA) is 70.6 Å². The van der Waals surface area contributed by atoms with Crippen molar-refractivity contribution in [2.75, 3.05) is 33.4 Å². The summed E-state index contributed by atoms with van der Waals surface area (Å²) in [5.74, 6) is -0.0258. The first-order valence-corrected chi connectivity index (χ1v) is 5.63. The van der Waals surface area contributed by atoms with E-state index in [9.17, 15) is 4.79 Å². The van der Waals surface area contributed by atoms with E-state index in [1.54, 1.807) is 7.11 Å². The molecule has 0 saturated carbocycles. The Kier molecular flexibility index (Phi) is 8.15. The first-order valence-electron chi connectivity index (χ1n) is 5.63. The van der Waals surface area contributed by atoms with Gasteiger partial charge in [-0.25, -0.2) is 0 Å². The summed E-state index contributed by atoms with van der Waals surface area (Å²) in [5.41, 5.74) is -0.210. The van der Waals surface area contributed by atoms with Crippen LogP contribution in [0.4, 0.5) is 0 Å². The van der Waals surface area contributed by atoms with Crippen LogP contribution in [0.1, 0.15) is 26.7 Å².